The molecule has 0 aliphatic carbocycles. The highest BCUT2D eigenvalue weighted by molar-refractivity contribution is 9.10. The summed E-state index contributed by atoms with van der Waals surface area (Å²) in [6.07, 6.45) is -0.290. The van der Waals surface area contributed by atoms with Crippen molar-refractivity contribution in [1.29, 1.82) is 0 Å². The average Bonchev–Trinajstić information content (AvgIpc) is 2.29. The maximum atomic E-state index is 13.6. The van der Waals surface area contributed by atoms with Crippen LogP contribution in [0, 0.1) is 17.0 Å². The first-order valence-electron chi connectivity index (χ1n) is 5.15. The number of ketones is 1. The van der Waals surface area contributed by atoms with Crippen LogP contribution in [0.25, 0.3) is 0 Å². The topological polar surface area (TPSA) is 43.1 Å². The van der Waals surface area contributed by atoms with Crippen LogP contribution < -0.4 is 5.73 Å². The first kappa shape index (κ1) is 14.3. The molecule has 2 nitrogen and oxygen atoms in total. The molecule has 0 saturated heterocycles. The Balaban J connectivity index is 3.04. The normalized spacial score (nSPS) is 11.6. The Labute approximate surface area is 107 Å². The van der Waals surface area contributed by atoms with E-state index >= 15 is 0 Å². The van der Waals surface area contributed by atoms with Crippen molar-refractivity contribution in [2.45, 2.75) is 20.3 Å². The Morgan fingerprint density at radius 1 is 1.41 bits per heavy atom. The van der Waals surface area contributed by atoms with Crippen LogP contribution in [0.3, 0.4) is 0 Å². The molecule has 0 amide bonds. The molecule has 0 atom stereocenters. The van der Waals surface area contributed by atoms with Crippen molar-refractivity contribution in [3.63, 3.8) is 0 Å². The number of nitrogens with two attached hydrogens (primary N) is 1. The van der Waals surface area contributed by atoms with Gasteiger partial charge in [0.2, 0.25) is 0 Å². The zero-order chi connectivity index (χ0) is 13.2. The van der Waals surface area contributed by atoms with E-state index in [-0.39, 0.29) is 28.8 Å². The van der Waals surface area contributed by atoms with E-state index in [4.69, 9.17) is 5.73 Å². The lowest BCUT2D eigenvalue weighted by Gasteiger charge is -2.20. The van der Waals surface area contributed by atoms with Crippen molar-refractivity contribution in [1.82, 2.24) is 0 Å². The predicted octanol–water partition coefficient (Wildman–Crippen LogP) is 2.82. The highest BCUT2D eigenvalue weighted by Crippen LogP contribution is 2.25. The molecular formula is C12H14BrF2NO. The van der Waals surface area contributed by atoms with Crippen LogP contribution in [0.5, 0.6) is 0 Å². The zero-order valence-electron chi connectivity index (χ0n) is 9.69. The molecule has 0 aromatic heterocycles. The van der Waals surface area contributed by atoms with Gasteiger partial charge in [0.25, 0.3) is 0 Å². The van der Waals surface area contributed by atoms with Crippen LogP contribution in [0.1, 0.15) is 19.4 Å². The van der Waals surface area contributed by atoms with Gasteiger partial charge in [-0.2, -0.15) is 0 Å². The van der Waals surface area contributed by atoms with E-state index in [9.17, 15) is 13.6 Å². The molecule has 1 aromatic carbocycles. The summed E-state index contributed by atoms with van der Waals surface area (Å²) in [4.78, 5) is 11.9. The van der Waals surface area contributed by atoms with E-state index in [1.807, 2.05) is 0 Å². The maximum absolute atomic E-state index is 13.6. The van der Waals surface area contributed by atoms with Gasteiger partial charge >= 0.3 is 0 Å². The van der Waals surface area contributed by atoms with Gasteiger partial charge < -0.3 is 5.73 Å². The van der Waals surface area contributed by atoms with Gasteiger partial charge in [-0.05, 0) is 28.1 Å². The molecule has 94 valence electrons. The van der Waals surface area contributed by atoms with E-state index in [1.54, 1.807) is 13.8 Å². The van der Waals surface area contributed by atoms with Gasteiger partial charge in [0.1, 0.15) is 17.4 Å². The van der Waals surface area contributed by atoms with Crippen molar-refractivity contribution >= 4 is 21.7 Å². The van der Waals surface area contributed by atoms with E-state index in [0.717, 1.165) is 6.07 Å². The second-order valence-corrected chi connectivity index (χ2v) is 5.36. The second kappa shape index (κ2) is 5.23. The van der Waals surface area contributed by atoms with Gasteiger partial charge in [-0.1, -0.05) is 13.8 Å². The summed E-state index contributed by atoms with van der Waals surface area (Å²) in [7, 11) is 0. The molecule has 5 heteroatoms. The highest BCUT2D eigenvalue weighted by atomic mass is 79.9. The number of benzene rings is 1. The molecule has 1 aromatic rings. The molecule has 0 fully saturated rings. The van der Waals surface area contributed by atoms with Crippen molar-refractivity contribution in [3.8, 4) is 0 Å². The number of Topliss-reactive ketones (excluding diaryl/α,β-unsaturated/α-hetero) is 1. The summed E-state index contributed by atoms with van der Waals surface area (Å²) in [5, 5.41) is 0. The first-order valence-corrected chi connectivity index (χ1v) is 5.94. The van der Waals surface area contributed by atoms with Crippen LogP contribution in [0.2, 0.25) is 0 Å². The minimum atomic E-state index is -0.777. The van der Waals surface area contributed by atoms with E-state index in [1.165, 1.54) is 6.07 Å². The maximum Gasteiger partial charge on any atom is 0.144 e. The summed E-state index contributed by atoms with van der Waals surface area (Å²) < 4.78 is 27.2. The number of carbonyl (C=O) groups is 1. The third-order valence-corrected chi connectivity index (χ3v) is 3.35. The third kappa shape index (κ3) is 3.10. The average molecular weight is 306 g/mol. The largest absolute Gasteiger partial charge is 0.329 e. The van der Waals surface area contributed by atoms with Crippen LogP contribution in [-0.4, -0.2) is 12.3 Å². The van der Waals surface area contributed by atoms with Gasteiger partial charge in [0, 0.05) is 23.9 Å². The Bertz CT molecular complexity index is 446. The molecule has 2 N–H and O–H groups in total. The smallest absolute Gasteiger partial charge is 0.144 e. The molecule has 0 heterocycles. The van der Waals surface area contributed by atoms with Gasteiger partial charge in [0.05, 0.1) is 4.47 Å². The van der Waals surface area contributed by atoms with Crippen molar-refractivity contribution < 1.29 is 13.6 Å². The molecule has 0 spiro atoms. The van der Waals surface area contributed by atoms with Gasteiger partial charge in [0.15, 0.2) is 0 Å². The molecule has 0 bridgehead atoms. The summed E-state index contributed by atoms with van der Waals surface area (Å²) >= 11 is 2.96. The predicted molar refractivity (Wildman–Crippen MR) is 65.6 cm³/mol. The Kier molecular flexibility index (Phi) is 4.38. The number of carbonyl (C=O) groups excluding carboxylic acids is 1. The number of rotatable bonds is 4. The summed E-state index contributed by atoms with van der Waals surface area (Å²) in [5.74, 6) is -1.73. The molecule has 0 unspecified atom stereocenters. The highest BCUT2D eigenvalue weighted by Gasteiger charge is 2.27. The van der Waals surface area contributed by atoms with Gasteiger partial charge in [-0.15, -0.1) is 0 Å². The fraction of sp³-hybridized carbons (Fsp3) is 0.417. The minimum Gasteiger partial charge on any atom is -0.329 e. The molecule has 17 heavy (non-hydrogen) atoms. The lowest BCUT2D eigenvalue weighted by atomic mass is 9.85. The van der Waals surface area contributed by atoms with Crippen molar-refractivity contribution in [2.75, 3.05) is 6.54 Å². The summed E-state index contributed by atoms with van der Waals surface area (Å²) in [6.45, 7) is 3.45. The number of hydrogen-bond acceptors (Lipinski definition) is 2. The van der Waals surface area contributed by atoms with Gasteiger partial charge in [-0.3, -0.25) is 4.79 Å². The second-order valence-electron chi connectivity index (χ2n) is 4.51. The number of hydrogen-bond donors (Lipinski definition) is 1. The first-order chi connectivity index (χ1) is 7.79. The van der Waals surface area contributed by atoms with E-state index in [2.05, 4.69) is 15.9 Å². The molecule has 0 aliphatic heterocycles. The monoisotopic (exact) mass is 305 g/mol. The van der Waals surface area contributed by atoms with Crippen LogP contribution >= 0.6 is 15.9 Å². The lowest BCUT2D eigenvalue weighted by Crippen LogP contribution is -2.34. The fourth-order valence-electron chi connectivity index (χ4n) is 1.24. The molecular weight excluding hydrogens is 292 g/mol. The molecule has 1 rings (SSSR count). The fourth-order valence-corrected chi connectivity index (χ4v) is 1.62. The zero-order valence-corrected chi connectivity index (χ0v) is 11.3. The summed E-state index contributed by atoms with van der Waals surface area (Å²) in [5.41, 5.74) is 4.46. The third-order valence-electron chi connectivity index (χ3n) is 2.74. The van der Waals surface area contributed by atoms with E-state index in [0.29, 0.717) is 0 Å². The molecule has 0 aliphatic rings. The Morgan fingerprint density at radius 3 is 2.53 bits per heavy atom. The lowest BCUT2D eigenvalue weighted by molar-refractivity contribution is -0.126. The quantitative estimate of drug-likeness (QED) is 0.869. The molecule has 0 radical (unpaired) electrons. The Hall–Kier alpha value is -0.810. The van der Waals surface area contributed by atoms with Gasteiger partial charge in [-0.25, -0.2) is 8.78 Å². The van der Waals surface area contributed by atoms with E-state index < -0.39 is 17.0 Å². The van der Waals surface area contributed by atoms with Crippen molar-refractivity contribution in [3.05, 3.63) is 33.8 Å². The molecule has 0 saturated carbocycles. The van der Waals surface area contributed by atoms with Crippen LogP contribution in [0.4, 0.5) is 8.78 Å². The van der Waals surface area contributed by atoms with Crippen LogP contribution in [0.15, 0.2) is 16.6 Å². The Morgan fingerprint density at radius 2 is 2.00 bits per heavy atom. The standard InChI is InChI=1S/C12H14BrF2NO/c1-12(2,6-16)10(17)5-7-9(14)4-3-8(13)11(7)15/h3-4H,5-6,16H2,1-2H3. The van der Waals surface area contributed by atoms with Crippen LogP contribution in [-0.2, 0) is 11.2 Å². The minimum absolute atomic E-state index is 0.142. The summed E-state index contributed by atoms with van der Waals surface area (Å²) in [6, 6.07) is 2.40. The van der Waals surface area contributed by atoms with Crippen molar-refractivity contribution in [2.24, 2.45) is 11.1 Å². The number of halogens is 3. The SMILES string of the molecule is CC(C)(CN)C(=O)Cc1c(F)ccc(Br)c1F.